The lowest BCUT2D eigenvalue weighted by molar-refractivity contribution is 0.525. The van der Waals surface area contributed by atoms with E-state index in [0.717, 1.165) is 11.6 Å². The molecular formula is C14H20FN. The zero-order chi connectivity index (χ0) is 11.5. The molecule has 0 spiro atoms. The minimum Gasteiger partial charge on any atom is -0.382 e. The van der Waals surface area contributed by atoms with Gasteiger partial charge in [-0.15, -0.1) is 0 Å². The van der Waals surface area contributed by atoms with Crippen LogP contribution in [0.4, 0.5) is 10.1 Å². The highest BCUT2D eigenvalue weighted by atomic mass is 19.1. The Morgan fingerprint density at radius 1 is 1.38 bits per heavy atom. The maximum atomic E-state index is 13.4. The molecule has 2 rings (SSSR count). The molecular weight excluding hydrogens is 201 g/mol. The van der Waals surface area contributed by atoms with Crippen molar-refractivity contribution in [3.63, 3.8) is 0 Å². The van der Waals surface area contributed by atoms with Gasteiger partial charge >= 0.3 is 0 Å². The summed E-state index contributed by atoms with van der Waals surface area (Å²) in [5.74, 6) is 0.739. The highest BCUT2D eigenvalue weighted by Crippen LogP contribution is 2.30. The summed E-state index contributed by atoms with van der Waals surface area (Å²) in [4.78, 5) is 0. The molecule has 1 nitrogen and oxygen atoms in total. The molecule has 1 aliphatic rings. The van der Waals surface area contributed by atoms with Crippen molar-refractivity contribution in [1.29, 1.82) is 0 Å². The summed E-state index contributed by atoms with van der Waals surface area (Å²) in [6.07, 6.45) is 5.02. The Balaban J connectivity index is 1.97. The first-order valence-corrected chi connectivity index (χ1v) is 6.21. The van der Waals surface area contributed by atoms with Crippen molar-refractivity contribution in [3.8, 4) is 0 Å². The molecule has 0 heterocycles. The Kier molecular flexibility index (Phi) is 3.47. The quantitative estimate of drug-likeness (QED) is 0.809. The molecule has 1 aromatic rings. The predicted molar refractivity (Wildman–Crippen MR) is 66.2 cm³/mol. The van der Waals surface area contributed by atoms with E-state index in [0.29, 0.717) is 11.6 Å². The molecule has 0 saturated heterocycles. The van der Waals surface area contributed by atoms with E-state index in [1.165, 1.54) is 25.7 Å². The second kappa shape index (κ2) is 4.86. The van der Waals surface area contributed by atoms with Gasteiger partial charge in [-0.25, -0.2) is 4.39 Å². The van der Waals surface area contributed by atoms with Crippen LogP contribution in [-0.2, 0) is 0 Å². The highest BCUT2D eigenvalue weighted by molar-refractivity contribution is 5.46. The van der Waals surface area contributed by atoms with Crippen molar-refractivity contribution in [2.24, 2.45) is 5.92 Å². The van der Waals surface area contributed by atoms with Crippen molar-refractivity contribution in [1.82, 2.24) is 0 Å². The fourth-order valence-electron chi connectivity index (χ4n) is 2.50. The topological polar surface area (TPSA) is 12.0 Å². The molecule has 1 fully saturated rings. The van der Waals surface area contributed by atoms with Crippen molar-refractivity contribution in [2.45, 2.75) is 45.6 Å². The van der Waals surface area contributed by atoms with Crippen molar-refractivity contribution < 1.29 is 4.39 Å². The fraction of sp³-hybridized carbons (Fsp3) is 0.571. The van der Waals surface area contributed by atoms with Crippen LogP contribution in [0.2, 0.25) is 0 Å². The van der Waals surface area contributed by atoms with Gasteiger partial charge in [-0.05, 0) is 49.8 Å². The SMILES string of the molecule is CCC1CCC(Nc2ccc(C)c(F)c2)C1. The third-order valence-electron chi connectivity index (χ3n) is 3.66. The average molecular weight is 221 g/mol. The largest absolute Gasteiger partial charge is 0.382 e. The second-order valence-corrected chi connectivity index (χ2v) is 4.89. The van der Waals surface area contributed by atoms with E-state index < -0.39 is 0 Å². The normalized spacial score (nSPS) is 24.7. The first-order chi connectivity index (χ1) is 7.69. The van der Waals surface area contributed by atoms with E-state index in [1.54, 1.807) is 13.0 Å². The van der Waals surface area contributed by atoms with Gasteiger partial charge < -0.3 is 5.32 Å². The summed E-state index contributed by atoms with van der Waals surface area (Å²) >= 11 is 0. The van der Waals surface area contributed by atoms with E-state index >= 15 is 0 Å². The van der Waals surface area contributed by atoms with Crippen LogP contribution in [0.1, 0.15) is 38.2 Å². The Morgan fingerprint density at radius 3 is 2.81 bits per heavy atom. The van der Waals surface area contributed by atoms with Crippen molar-refractivity contribution >= 4 is 5.69 Å². The van der Waals surface area contributed by atoms with E-state index in [9.17, 15) is 4.39 Å². The summed E-state index contributed by atoms with van der Waals surface area (Å²) in [7, 11) is 0. The number of aryl methyl sites for hydroxylation is 1. The lowest BCUT2D eigenvalue weighted by Gasteiger charge is -2.14. The molecule has 0 amide bonds. The molecule has 0 bridgehead atoms. The molecule has 1 N–H and O–H groups in total. The number of nitrogens with one attached hydrogen (secondary N) is 1. The molecule has 88 valence electrons. The number of halogens is 1. The van der Waals surface area contributed by atoms with Crippen LogP contribution in [0.15, 0.2) is 18.2 Å². The van der Waals surface area contributed by atoms with Crippen LogP contribution in [0.3, 0.4) is 0 Å². The summed E-state index contributed by atoms with van der Waals surface area (Å²) in [5, 5.41) is 3.43. The van der Waals surface area contributed by atoms with Crippen LogP contribution >= 0.6 is 0 Å². The zero-order valence-electron chi connectivity index (χ0n) is 10.1. The third kappa shape index (κ3) is 2.55. The minimum atomic E-state index is -0.116. The fourth-order valence-corrected chi connectivity index (χ4v) is 2.50. The Hall–Kier alpha value is -1.05. The molecule has 1 aromatic carbocycles. The number of benzene rings is 1. The maximum Gasteiger partial charge on any atom is 0.128 e. The second-order valence-electron chi connectivity index (χ2n) is 4.89. The third-order valence-corrected chi connectivity index (χ3v) is 3.66. The highest BCUT2D eigenvalue weighted by Gasteiger charge is 2.22. The number of anilines is 1. The van der Waals surface area contributed by atoms with E-state index in [2.05, 4.69) is 12.2 Å². The molecule has 1 aliphatic carbocycles. The van der Waals surface area contributed by atoms with E-state index in [1.807, 2.05) is 12.1 Å². The lowest BCUT2D eigenvalue weighted by atomic mass is 10.1. The standard InChI is InChI=1S/C14H20FN/c1-3-11-5-7-12(8-11)16-13-6-4-10(2)14(15)9-13/h4,6,9,11-12,16H,3,5,7-8H2,1-2H3. The van der Waals surface area contributed by atoms with Crippen LogP contribution in [0.5, 0.6) is 0 Å². The zero-order valence-corrected chi connectivity index (χ0v) is 10.1. The Labute approximate surface area is 97.1 Å². The number of hydrogen-bond donors (Lipinski definition) is 1. The van der Waals surface area contributed by atoms with E-state index in [-0.39, 0.29) is 5.82 Å². The van der Waals surface area contributed by atoms with Crippen molar-refractivity contribution in [3.05, 3.63) is 29.6 Å². The maximum absolute atomic E-state index is 13.4. The molecule has 16 heavy (non-hydrogen) atoms. The van der Waals surface area contributed by atoms with Gasteiger partial charge in [0.1, 0.15) is 5.82 Å². The smallest absolute Gasteiger partial charge is 0.128 e. The number of hydrogen-bond acceptors (Lipinski definition) is 1. The number of rotatable bonds is 3. The molecule has 1 saturated carbocycles. The summed E-state index contributed by atoms with van der Waals surface area (Å²) in [6.45, 7) is 4.04. The molecule has 2 heteroatoms. The average Bonchev–Trinajstić information content (AvgIpc) is 2.71. The summed E-state index contributed by atoms with van der Waals surface area (Å²) < 4.78 is 13.4. The Bertz CT molecular complexity index is 362. The first kappa shape index (κ1) is 11.4. The molecule has 0 radical (unpaired) electrons. The lowest BCUT2D eigenvalue weighted by Crippen LogP contribution is -2.15. The molecule has 2 unspecified atom stereocenters. The minimum absolute atomic E-state index is 0.116. The van der Waals surface area contributed by atoms with Crippen LogP contribution in [0.25, 0.3) is 0 Å². The van der Waals surface area contributed by atoms with Crippen LogP contribution < -0.4 is 5.32 Å². The van der Waals surface area contributed by atoms with Crippen LogP contribution in [0, 0.1) is 18.7 Å². The van der Waals surface area contributed by atoms with Gasteiger partial charge in [-0.1, -0.05) is 19.4 Å². The summed E-state index contributed by atoms with van der Waals surface area (Å²) in [5.41, 5.74) is 1.63. The van der Waals surface area contributed by atoms with Gasteiger partial charge in [0.15, 0.2) is 0 Å². The van der Waals surface area contributed by atoms with Gasteiger partial charge in [0.2, 0.25) is 0 Å². The first-order valence-electron chi connectivity index (χ1n) is 6.21. The molecule has 0 aliphatic heterocycles. The van der Waals surface area contributed by atoms with E-state index in [4.69, 9.17) is 0 Å². The predicted octanol–water partition coefficient (Wildman–Crippen LogP) is 4.12. The van der Waals surface area contributed by atoms with Gasteiger partial charge in [-0.2, -0.15) is 0 Å². The van der Waals surface area contributed by atoms with Gasteiger partial charge in [0.25, 0.3) is 0 Å². The van der Waals surface area contributed by atoms with Crippen molar-refractivity contribution in [2.75, 3.05) is 5.32 Å². The Morgan fingerprint density at radius 2 is 2.19 bits per heavy atom. The summed E-state index contributed by atoms with van der Waals surface area (Å²) in [6, 6.07) is 5.95. The molecule has 2 atom stereocenters. The monoisotopic (exact) mass is 221 g/mol. The van der Waals surface area contributed by atoms with Gasteiger partial charge in [-0.3, -0.25) is 0 Å². The van der Waals surface area contributed by atoms with Gasteiger partial charge in [0.05, 0.1) is 0 Å². The molecule has 0 aromatic heterocycles. The van der Waals surface area contributed by atoms with Gasteiger partial charge in [0, 0.05) is 11.7 Å². The van der Waals surface area contributed by atoms with Crippen LogP contribution in [-0.4, -0.2) is 6.04 Å².